The number of hydrogen-bond donors (Lipinski definition) is 1. The Morgan fingerprint density at radius 1 is 1.24 bits per heavy atom. The smallest absolute Gasteiger partial charge is 0.0753 e. The summed E-state index contributed by atoms with van der Waals surface area (Å²) in [5.41, 5.74) is 1.05. The Hall–Kier alpha value is -0.960. The minimum Gasteiger partial charge on any atom is -0.306 e. The molecule has 0 bridgehead atoms. The van der Waals surface area contributed by atoms with Gasteiger partial charge in [0.05, 0.1) is 5.69 Å². The van der Waals surface area contributed by atoms with E-state index in [1.54, 1.807) is 12.4 Å². The fourth-order valence-corrected chi connectivity index (χ4v) is 2.63. The summed E-state index contributed by atoms with van der Waals surface area (Å²) in [5.74, 6) is 0.897. The molecule has 0 amide bonds. The highest BCUT2D eigenvalue weighted by molar-refractivity contribution is 5.01. The molecule has 0 aromatic carbocycles. The van der Waals surface area contributed by atoms with Crippen molar-refractivity contribution in [2.45, 2.75) is 58.0 Å². The number of rotatable bonds is 3. The molecule has 0 radical (unpaired) electrons. The van der Waals surface area contributed by atoms with Crippen LogP contribution in [0.25, 0.3) is 0 Å². The van der Waals surface area contributed by atoms with Gasteiger partial charge in [-0.25, -0.2) is 0 Å². The number of hydrogen-bond acceptors (Lipinski definition) is 3. The van der Waals surface area contributed by atoms with E-state index in [1.165, 1.54) is 32.1 Å². The van der Waals surface area contributed by atoms with Crippen molar-refractivity contribution in [2.24, 2.45) is 5.92 Å². The van der Waals surface area contributed by atoms with E-state index in [-0.39, 0.29) is 0 Å². The molecule has 0 aliphatic heterocycles. The lowest BCUT2D eigenvalue weighted by atomic mass is 10.0. The summed E-state index contributed by atoms with van der Waals surface area (Å²) in [6.45, 7) is 4.55. The first kappa shape index (κ1) is 12.5. The van der Waals surface area contributed by atoms with Crippen molar-refractivity contribution < 1.29 is 0 Å². The Kier molecular flexibility index (Phi) is 4.49. The number of aromatic nitrogens is 2. The van der Waals surface area contributed by atoms with Crippen LogP contribution < -0.4 is 5.32 Å². The molecule has 0 saturated heterocycles. The molecule has 3 atom stereocenters. The van der Waals surface area contributed by atoms with Crippen LogP contribution in [0.4, 0.5) is 0 Å². The van der Waals surface area contributed by atoms with Gasteiger partial charge in [0, 0.05) is 30.7 Å². The summed E-state index contributed by atoms with van der Waals surface area (Å²) in [6, 6.07) is 0.957. The molecule has 1 aromatic rings. The topological polar surface area (TPSA) is 37.8 Å². The number of nitrogens with one attached hydrogen (secondary N) is 1. The van der Waals surface area contributed by atoms with Crippen LogP contribution in [0.3, 0.4) is 0 Å². The molecule has 0 spiro atoms. The summed E-state index contributed by atoms with van der Waals surface area (Å²) in [5, 5.41) is 3.69. The Morgan fingerprint density at radius 3 is 2.88 bits per heavy atom. The highest BCUT2D eigenvalue weighted by atomic mass is 15.0. The van der Waals surface area contributed by atoms with Gasteiger partial charge >= 0.3 is 0 Å². The molecule has 1 aromatic heterocycles. The number of nitrogens with zero attached hydrogens (tertiary/aromatic N) is 2. The third-order valence-corrected chi connectivity index (χ3v) is 3.77. The SMILES string of the molecule is CC1CCCC(NC(C)c2cnccn2)CC1. The molecule has 1 aliphatic rings. The Bertz CT molecular complexity index is 325. The van der Waals surface area contributed by atoms with Crippen LogP contribution in [0.15, 0.2) is 18.6 Å². The molecule has 1 heterocycles. The molecule has 17 heavy (non-hydrogen) atoms. The summed E-state index contributed by atoms with van der Waals surface area (Å²) in [7, 11) is 0. The Balaban J connectivity index is 1.88. The molecule has 1 saturated carbocycles. The maximum absolute atomic E-state index is 4.36. The molecule has 3 heteroatoms. The van der Waals surface area contributed by atoms with Gasteiger partial charge in [0.2, 0.25) is 0 Å². The maximum atomic E-state index is 4.36. The average Bonchev–Trinajstić information content (AvgIpc) is 2.56. The lowest BCUT2D eigenvalue weighted by molar-refractivity contribution is 0.403. The molecular formula is C14H23N3. The summed E-state index contributed by atoms with van der Waals surface area (Å²) in [4.78, 5) is 8.48. The van der Waals surface area contributed by atoms with Crippen molar-refractivity contribution in [3.05, 3.63) is 24.3 Å². The third-order valence-electron chi connectivity index (χ3n) is 3.77. The molecule has 3 nitrogen and oxygen atoms in total. The highest BCUT2D eigenvalue weighted by Gasteiger charge is 2.18. The zero-order chi connectivity index (χ0) is 12.1. The monoisotopic (exact) mass is 233 g/mol. The first-order valence-electron chi connectivity index (χ1n) is 6.77. The van der Waals surface area contributed by atoms with Gasteiger partial charge in [0.25, 0.3) is 0 Å². The van der Waals surface area contributed by atoms with Gasteiger partial charge < -0.3 is 5.32 Å². The lowest BCUT2D eigenvalue weighted by Crippen LogP contribution is -2.31. The van der Waals surface area contributed by atoms with Gasteiger partial charge in [-0.15, -0.1) is 0 Å². The first-order valence-corrected chi connectivity index (χ1v) is 6.77. The fraction of sp³-hybridized carbons (Fsp3) is 0.714. The zero-order valence-electron chi connectivity index (χ0n) is 10.9. The fourth-order valence-electron chi connectivity index (χ4n) is 2.63. The third kappa shape index (κ3) is 3.77. The van der Waals surface area contributed by atoms with E-state index in [2.05, 4.69) is 29.1 Å². The van der Waals surface area contributed by atoms with E-state index in [0.717, 1.165) is 11.6 Å². The standard InChI is InChI=1S/C14H23N3/c1-11-4-3-5-13(7-6-11)17-12(2)14-10-15-8-9-16-14/h8-13,17H,3-7H2,1-2H3. The quantitative estimate of drug-likeness (QED) is 0.815. The van der Waals surface area contributed by atoms with Crippen molar-refractivity contribution >= 4 is 0 Å². The van der Waals surface area contributed by atoms with Crippen LogP contribution in [-0.4, -0.2) is 16.0 Å². The summed E-state index contributed by atoms with van der Waals surface area (Å²) in [6.07, 6.45) is 12.0. The van der Waals surface area contributed by atoms with E-state index in [9.17, 15) is 0 Å². The molecule has 3 unspecified atom stereocenters. The normalized spacial score (nSPS) is 27.4. The van der Waals surface area contributed by atoms with Crippen LogP contribution in [0.5, 0.6) is 0 Å². The lowest BCUT2D eigenvalue weighted by Gasteiger charge is -2.21. The van der Waals surface area contributed by atoms with E-state index < -0.39 is 0 Å². The molecule has 1 N–H and O–H groups in total. The molecule has 1 aliphatic carbocycles. The van der Waals surface area contributed by atoms with Crippen molar-refractivity contribution in [2.75, 3.05) is 0 Å². The average molecular weight is 233 g/mol. The van der Waals surface area contributed by atoms with Crippen molar-refractivity contribution in [1.29, 1.82) is 0 Å². The predicted octanol–water partition coefficient (Wildman–Crippen LogP) is 3.10. The predicted molar refractivity (Wildman–Crippen MR) is 69.6 cm³/mol. The van der Waals surface area contributed by atoms with Crippen LogP contribution in [-0.2, 0) is 0 Å². The zero-order valence-corrected chi connectivity index (χ0v) is 10.9. The second-order valence-corrected chi connectivity index (χ2v) is 5.33. The van der Waals surface area contributed by atoms with Gasteiger partial charge in [0.1, 0.15) is 0 Å². The van der Waals surface area contributed by atoms with Crippen molar-refractivity contribution in [1.82, 2.24) is 15.3 Å². The highest BCUT2D eigenvalue weighted by Crippen LogP contribution is 2.24. The second kappa shape index (κ2) is 6.10. The van der Waals surface area contributed by atoms with E-state index in [4.69, 9.17) is 0 Å². The molecular weight excluding hydrogens is 210 g/mol. The van der Waals surface area contributed by atoms with E-state index >= 15 is 0 Å². The first-order chi connectivity index (χ1) is 8.25. The maximum Gasteiger partial charge on any atom is 0.0753 e. The Morgan fingerprint density at radius 2 is 2.12 bits per heavy atom. The van der Waals surface area contributed by atoms with Crippen molar-refractivity contribution in [3.63, 3.8) is 0 Å². The largest absolute Gasteiger partial charge is 0.306 e. The van der Waals surface area contributed by atoms with Gasteiger partial charge in [-0.3, -0.25) is 9.97 Å². The van der Waals surface area contributed by atoms with Gasteiger partial charge in [0.15, 0.2) is 0 Å². The summed E-state index contributed by atoms with van der Waals surface area (Å²) >= 11 is 0. The van der Waals surface area contributed by atoms with Gasteiger partial charge in [-0.2, -0.15) is 0 Å². The molecule has 2 rings (SSSR count). The van der Waals surface area contributed by atoms with Crippen LogP contribution in [0, 0.1) is 5.92 Å². The van der Waals surface area contributed by atoms with Crippen LogP contribution in [0.1, 0.15) is 57.7 Å². The van der Waals surface area contributed by atoms with E-state index in [0.29, 0.717) is 12.1 Å². The Labute approximate surface area is 104 Å². The van der Waals surface area contributed by atoms with Crippen LogP contribution >= 0.6 is 0 Å². The van der Waals surface area contributed by atoms with Gasteiger partial charge in [-0.1, -0.05) is 19.8 Å². The second-order valence-electron chi connectivity index (χ2n) is 5.33. The molecule has 1 fully saturated rings. The van der Waals surface area contributed by atoms with E-state index in [1.807, 2.05) is 6.20 Å². The minimum absolute atomic E-state index is 0.308. The molecule has 94 valence electrons. The van der Waals surface area contributed by atoms with Crippen LogP contribution in [0.2, 0.25) is 0 Å². The summed E-state index contributed by atoms with van der Waals surface area (Å²) < 4.78 is 0. The van der Waals surface area contributed by atoms with Crippen molar-refractivity contribution in [3.8, 4) is 0 Å². The minimum atomic E-state index is 0.308. The van der Waals surface area contributed by atoms with Gasteiger partial charge in [-0.05, 0) is 32.1 Å².